The molecule has 0 fully saturated rings. The van der Waals surface area contributed by atoms with Gasteiger partial charge in [0, 0.05) is 5.41 Å². The number of benzene rings is 1. The van der Waals surface area contributed by atoms with Crippen LogP contribution in [0.15, 0.2) is 29.8 Å². The number of carboxylic acids is 1. The Hall–Kier alpha value is -2.61. The number of ketones is 1. The van der Waals surface area contributed by atoms with Crippen molar-refractivity contribution in [1.29, 1.82) is 5.26 Å². The average molecular weight is 287 g/mol. The molecule has 0 radical (unpaired) electrons. The van der Waals surface area contributed by atoms with Crippen molar-refractivity contribution in [1.82, 2.24) is 0 Å². The van der Waals surface area contributed by atoms with Gasteiger partial charge in [-0.15, -0.1) is 0 Å². The van der Waals surface area contributed by atoms with Crippen LogP contribution in [0.3, 0.4) is 0 Å². The van der Waals surface area contributed by atoms with Gasteiger partial charge < -0.3 is 9.84 Å². The van der Waals surface area contributed by atoms with Gasteiger partial charge in [-0.2, -0.15) is 5.26 Å². The van der Waals surface area contributed by atoms with Crippen molar-refractivity contribution in [2.24, 2.45) is 5.41 Å². The van der Waals surface area contributed by atoms with Gasteiger partial charge in [0.2, 0.25) is 0 Å². The lowest BCUT2D eigenvalue weighted by atomic mass is 9.86. The molecule has 5 nitrogen and oxygen atoms in total. The number of hydrogen-bond donors (Lipinski definition) is 1. The van der Waals surface area contributed by atoms with Crippen LogP contribution in [0.2, 0.25) is 0 Å². The van der Waals surface area contributed by atoms with E-state index in [1.54, 1.807) is 45.0 Å². The second kappa shape index (κ2) is 6.71. The summed E-state index contributed by atoms with van der Waals surface area (Å²) >= 11 is 0. The van der Waals surface area contributed by atoms with Crippen LogP contribution in [0, 0.1) is 16.7 Å². The molecule has 0 amide bonds. The predicted molar refractivity (Wildman–Crippen MR) is 77.6 cm³/mol. The number of Topliss-reactive ketones (excluding diaryl/α,β-unsaturated/α-hetero) is 1. The number of allylic oxidation sites excluding steroid dienone is 1. The zero-order valence-electron chi connectivity index (χ0n) is 12.2. The fourth-order valence-corrected chi connectivity index (χ4v) is 1.52. The first-order valence-corrected chi connectivity index (χ1v) is 6.35. The zero-order valence-corrected chi connectivity index (χ0v) is 12.2. The lowest BCUT2D eigenvalue weighted by Crippen LogP contribution is -2.21. The Morgan fingerprint density at radius 3 is 2.29 bits per heavy atom. The predicted octanol–water partition coefficient (Wildman–Crippen LogP) is 2.67. The Bertz CT molecular complexity index is 601. The molecular weight excluding hydrogens is 270 g/mol. The van der Waals surface area contributed by atoms with Crippen molar-refractivity contribution < 1.29 is 19.4 Å². The molecule has 0 aromatic heterocycles. The van der Waals surface area contributed by atoms with Crippen LogP contribution < -0.4 is 4.74 Å². The van der Waals surface area contributed by atoms with E-state index in [9.17, 15) is 9.59 Å². The van der Waals surface area contributed by atoms with Gasteiger partial charge in [0.05, 0.1) is 5.57 Å². The van der Waals surface area contributed by atoms with E-state index < -0.39 is 18.0 Å². The van der Waals surface area contributed by atoms with Crippen molar-refractivity contribution in [3.63, 3.8) is 0 Å². The van der Waals surface area contributed by atoms with E-state index in [1.807, 2.05) is 6.07 Å². The molecule has 0 saturated heterocycles. The summed E-state index contributed by atoms with van der Waals surface area (Å²) in [5, 5.41) is 17.6. The van der Waals surface area contributed by atoms with Crippen molar-refractivity contribution in [2.75, 3.05) is 6.61 Å². The number of carboxylic acid groups (broad SMARTS) is 1. The minimum atomic E-state index is -1.05. The normalized spacial score (nSPS) is 11.6. The van der Waals surface area contributed by atoms with Crippen molar-refractivity contribution >= 4 is 17.8 Å². The largest absolute Gasteiger partial charge is 0.482 e. The first-order valence-electron chi connectivity index (χ1n) is 6.35. The number of aliphatic carboxylic acids is 1. The molecule has 0 atom stereocenters. The van der Waals surface area contributed by atoms with E-state index >= 15 is 0 Å². The van der Waals surface area contributed by atoms with Gasteiger partial charge in [-0.05, 0) is 23.8 Å². The Balaban J connectivity index is 2.91. The van der Waals surface area contributed by atoms with Crippen LogP contribution in [-0.4, -0.2) is 23.5 Å². The number of carbonyl (C=O) groups is 2. The maximum Gasteiger partial charge on any atom is 0.341 e. The van der Waals surface area contributed by atoms with Gasteiger partial charge in [0.25, 0.3) is 0 Å². The van der Waals surface area contributed by atoms with Gasteiger partial charge in [-0.25, -0.2) is 4.79 Å². The van der Waals surface area contributed by atoms with E-state index in [0.29, 0.717) is 11.3 Å². The molecule has 0 aliphatic carbocycles. The molecule has 0 aliphatic rings. The number of ether oxygens (including phenoxy) is 1. The number of rotatable bonds is 5. The number of carbonyl (C=O) groups excluding carboxylic acids is 1. The minimum absolute atomic E-state index is 0.0849. The molecular formula is C16H17NO4. The summed E-state index contributed by atoms with van der Waals surface area (Å²) in [7, 11) is 0. The molecule has 1 aromatic rings. The van der Waals surface area contributed by atoms with Crippen LogP contribution >= 0.6 is 0 Å². The van der Waals surface area contributed by atoms with Gasteiger partial charge >= 0.3 is 5.97 Å². The highest BCUT2D eigenvalue weighted by Gasteiger charge is 2.24. The maximum atomic E-state index is 12.1. The molecule has 0 bridgehead atoms. The molecule has 0 heterocycles. The van der Waals surface area contributed by atoms with Gasteiger partial charge in [0.1, 0.15) is 11.8 Å². The summed E-state index contributed by atoms with van der Waals surface area (Å²) in [4.78, 5) is 22.4. The Morgan fingerprint density at radius 1 is 1.29 bits per heavy atom. The summed E-state index contributed by atoms with van der Waals surface area (Å²) in [6.07, 6.45) is 1.51. The quantitative estimate of drug-likeness (QED) is 0.664. The summed E-state index contributed by atoms with van der Waals surface area (Å²) < 4.78 is 5.00. The fraction of sp³-hybridized carbons (Fsp3) is 0.312. The second-order valence-electron chi connectivity index (χ2n) is 5.50. The van der Waals surface area contributed by atoms with Gasteiger partial charge in [-0.3, -0.25) is 4.79 Å². The molecule has 0 aliphatic heterocycles. The monoisotopic (exact) mass is 287 g/mol. The maximum absolute atomic E-state index is 12.1. The van der Waals surface area contributed by atoms with Crippen LogP contribution in [-0.2, 0) is 9.59 Å². The molecule has 1 N–H and O–H groups in total. The lowest BCUT2D eigenvalue weighted by Gasteiger charge is -2.15. The van der Waals surface area contributed by atoms with Crippen molar-refractivity contribution in [3.05, 3.63) is 35.4 Å². The molecule has 0 spiro atoms. The first kappa shape index (κ1) is 16.4. The first-order chi connectivity index (χ1) is 9.74. The Morgan fingerprint density at radius 2 is 1.86 bits per heavy atom. The summed E-state index contributed by atoms with van der Waals surface area (Å²) in [6, 6.07) is 8.41. The Kier molecular flexibility index (Phi) is 5.25. The number of nitrogens with zero attached hydrogens (tertiary/aromatic N) is 1. The van der Waals surface area contributed by atoms with Crippen LogP contribution in [0.25, 0.3) is 6.08 Å². The van der Waals surface area contributed by atoms with Gasteiger partial charge in [0.15, 0.2) is 12.4 Å². The van der Waals surface area contributed by atoms with Gasteiger partial charge in [-0.1, -0.05) is 32.9 Å². The highest BCUT2D eigenvalue weighted by atomic mass is 16.5. The van der Waals surface area contributed by atoms with Crippen LogP contribution in [0.5, 0.6) is 5.75 Å². The SMILES string of the molecule is CC(C)(C)C(=O)/C(C#N)=C/c1ccc(OCC(=O)O)cc1. The molecule has 0 saturated carbocycles. The third-order valence-corrected chi connectivity index (χ3v) is 2.60. The highest BCUT2D eigenvalue weighted by molar-refractivity contribution is 6.06. The van der Waals surface area contributed by atoms with E-state index in [0.717, 1.165) is 0 Å². The topological polar surface area (TPSA) is 87.4 Å². The molecule has 1 rings (SSSR count). The van der Waals surface area contributed by atoms with E-state index in [2.05, 4.69) is 0 Å². The summed E-state index contributed by atoms with van der Waals surface area (Å²) in [5.41, 5.74) is 0.139. The summed E-state index contributed by atoms with van der Waals surface area (Å²) in [6.45, 7) is 4.84. The lowest BCUT2D eigenvalue weighted by molar-refractivity contribution is -0.139. The third-order valence-electron chi connectivity index (χ3n) is 2.60. The second-order valence-corrected chi connectivity index (χ2v) is 5.50. The number of nitriles is 1. The third kappa shape index (κ3) is 5.11. The van der Waals surface area contributed by atoms with Crippen molar-refractivity contribution in [2.45, 2.75) is 20.8 Å². The standard InChI is InChI=1S/C16H17NO4/c1-16(2,3)15(20)12(9-17)8-11-4-6-13(7-5-11)21-10-14(18)19/h4-8H,10H2,1-3H3,(H,18,19)/b12-8+. The summed E-state index contributed by atoms with van der Waals surface area (Å²) in [5.74, 6) is -0.868. The molecule has 5 heteroatoms. The highest BCUT2D eigenvalue weighted by Crippen LogP contribution is 2.22. The Labute approximate surface area is 123 Å². The molecule has 0 unspecified atom stereocenters. The van der Waals surface area contributed by atoms with Crippen LogP contribution in [0.4, 0.5) is 0 Å². The minimum Gasteiger partial charge on any atom is -0.482 e. The molecule has 110 valence electrons. The van der Waals surface area contributed by atoms with Crippen LogP contribution in [0.1, 0.15) is 26.3 Å². The average Bonchev–Trinajstić information content (AvgIpc) is 2.42. The van der Waals surface area contributed by atoms with Crippen molar-refractivity contribution in [3.8, 4) is 11.8 Å². The molecule has 1 aromatic carbocycles. The van der Waals surface area contributed by atoms with E-state index in [4.69, 9.17) is 15.1 Å². The molecule has 21 heavy (non-hydrogen) atoms. The smallest absolute Gasteiger partial charge is 0.341 e. The number of hydrogen-bond acceptors (Lipinski definition) is 4. The van der Waals surface area contributed by atoms with E-state index in [1.165, 1.54) is 6.08 Å². The zero-order chi connectivity index (χ0) is 16.0. The fourth-order valence-electron chi connectivity index (χ4n) is 1.52. The van der Waals surface area contributed by atoms with E-state index in [-0.39, 0.29) is 11.4 Å².